The Morgan fingerprint density at radius 1 is 1.25 bits per heavy atom. The van der Waals surface area contributed by atoms with Gasteiger partial charge in [0.2, 0.25) is 0 Å². The second-order valence-electron chi connectivity index (χ2n) is 5.80. The Morgan fingerprint density at radius 3 is 2.31 bits per heavy atom. The largest absolute Gasteiger partial charge is 0.460 e. The van der Waals surface area contributed by atoms with Gasteiger partial charge in [0.05, 0.1) is 19.1 Å². The van der Waals surface area contributed by atoms with Crippen LogP contribution in [0.1, 0.15) is 33.6 Å². The molecule has 0 spiro atoms. The fraction of sp³-hybridized carbons (Fsp3) is 0.917. The average Bonchev–Trinajstić information content (AvgIpc) is 2.14. The lowest BCUT2D eigenvalue weighted by Crippen LogP contribution is -2.55. The Bertz CT molecular complexity index is 260. The third kappa shape index (κ3) is 2.95. The number of morpholine rings is 1. The van der Waals surface area contributed by atoms with Crippen LogP contribution in [-0.4, -0.2) is 36.9 Å². The molecule has 92 valence electrons. The average molecular weight is 227 g/mol. The van der Waals surface area contributed by atoms with Crippen LogP contribution in [0.4, 0.5) is 0 Å². The summed E-state index contributed by atoms with van der Waals surface area (Å²) in [5.41, 5.74) is -0.381. The van der Waals surface area contributed by atoms with E-state index in [9.17, 15) is 4.79 Å². The highest BCUT2D eigenvalue weighted by molar-refractivity contribution is 5.73. The minimum absolute atomic E-state index is 0.0411. The van der Waals surface area contributed by atoms with Crippen molar-refractivity contribution in [2.75, 3.05) is 13.2 Å². The van der Waals surface area contributed by atoms with Crippen LogP contribution in [-0.2, 0) is 14.3 Å². The molecule has 2 unspecified atom stereocenters. The van der Waals surface area contributed by atoms with E-state index in [0.29, 0.717) is 12.1 Å². The Labute approximate surface area is 96.7 Å². The molecule has 0 amide bonds. The normalized spacial score (nSPS) is 34.6. The summed E-state index contributed by atoms with van der Waals surface area (Å²) in [5, 5.41) is 3.47. The molecule has 0 aliphatic carbocycles. The minimum atomic E-state index is -0.381. The summed E-state index contributed by atoms with van der Waals surface area (Å²) >= 11 is 0. The summed E-state index contributed by atoms with van der Waals surface area (Å²) < 4.78 is 10.9. The number of nitrogens with one attached hydrogen (secondary N) is 1. The molecule has 2 fully saturated rings. The zero-order valence-corrected chi connectivity index (χ0v) is 10.3. The third-order valence-electron chi connectivity index (χ3n) is 2.99. The second kappa shape index (κ2) is 4.34. The molecule has 2 aliphatic heterocycles. The fourth-order valence-corrected chi connectivity index (χ4v) is 2.41. The number of fused-ring (bicyclic) bond motifs is 2. The molecule has 2 saturated heterocycles. The van der Waals surface area contributed by atoms with Crippen molar-refractivity contribution in [1.29, 1.82) is 0 Å². The SMILES string of the molecule is CC(C)(C)OC(=O)C1CC2COCC(C1)N2. The maximum absolute atomic E-state index is 12.0. The number of carbonyl (C=O) groups excluding carboxylic acids is 1. The van der Waals surface area contributed by atoms with Crippen molar-refractivity contribution in [3.05, 3.63) is 0 Å². The number of carbonyl (C=O) groups is 1. The number of piperidine rings is 1. The van der Waals surface area contributed by atoms with Crippen molar-refractivity contribution in [2.24, 2.45) is 5.92 Å². The minimum Gasteiger partial charge on any atom is -0.460 e. The molecule has 0 aromatic heterocycles. The Hall–Kier alpha value is -0.610. The van der Waals surface area contributed by atoms with Gasteiger partial charge in [-0.3, -0.25) is 4.79 Å². The Balaban J connectivity index is 1.92. The topological polar surface area (TPSA) is 47.6 Å². The molecule has 2 heterocycles. The standard InChI is InChI=1S/C12H21NO3/c1-12(2,3)16-11(14)8-4-9-6-15-7-10(5-8)13-9/h8-10,13H,4-7H2,1-3H3. The van der Waals surface area contributed by atoms with E-state index in [4.69, 9.17) is 9.47 Å². The van der Waals surface area contributed by atoms with Gasteiger partial charge in [-0.1, -0.05) is 0 Å². The first-order chi connectivity index (χ1) is 7.44. The predicted molar refractivity (Wildman–Crippen MR) is 60.1 cm³/mol. The van der Waals surface area contributed by atoms with Gasteiger partial charge in [-0.05, 0) is 33.6 Å². The third-order valence-corrected chi connectivity index (χ3v) is 2.99. The maximum Gasteiger partial charge on any atom is 0.309 e. The first-order valence-corrected chi connectivity index (χ1v) is 6.01. The van der Waals surface area contributed by atoms with Crippen LogP contribution >= 0.6 is 0 Å². The predicted octanol–water partition coefficient (Wildman–Crippen LogP) is 1.10. The molecule has 2 atom stereocenters. The molecule has 16 heavy (non-hydrogen) atoms. The number of rotatable bonds is 1. The second-order valence-corrected chi connectivity index (χ2v) is 5.80. The molecular formula is C12H21NO3. The molecule has 2 rings (SSSR count). The number of hydrogen-bond donors (Lipinski definition) is 1. The van der Waals surface area contributed by atoms with Gasteiger partial charge >= 0.3 is 5.97 Å². The summed E-state index contributed by atoms with van der Waals surface area (Å²) in [5.74, 6) is -0.00900. The molecule has 2 aliphatic rings. The Morgan fingerprint density at radius 2 is 1.81 bits per heavy atom. The van der Waals surface area contributed by atoms with Crippen molar-refractivity contribution in [2.45, 2.75) is 51.3 Å². The molecular weight excluding hydrogens is 206 g/mol. The van der Waals surface area contributed by atoms with Crippen molar-refractivity contribution < 1.29 is 14.3 Å². The zero-order valence-electron chi connectivity index (χ0n) is 10.3. The Kier molecular flexibility index (Phi) is 3.22. The highest BCUT2D eigenvalue weighted by Crippen LogP contribution is 2.26. The van der Waals surface area contributed by atoms with Crippen LogP contribution in [0.15, 0.2) is 0 Å². The lowest BCUT2D eigenvalue weighted by molar-refractivity contribution is -0.163. The van der Waals surface area contributed by atoms with Gasteiger partial charge in [-0.2, -0.15) is 0 Å². The summed E-state index contributed by atoms with van der Waals surface area (Å²) in [4.78, 5) is 12.0. The number of ether oxygens (including phenoxy) is 2. The van der Waals surface area contributed by atoms with E-state index in [1.54, 1.807) is 0 Å². The number of hydrogen-bond acceptors (Lipinski definition) is 4. The van der Waals surface area contributed by atoms with Crippen LogP contribution < -0.4 is 5.32 Å². The first-order valence-electron chi connectivity index (χ1n) is 6.01. The van der Waals surface area contributed by atoms with Gasteiger partial charge in [0, 0.05) is 12.1 Å². The molecule has 1 N–H and O–H groups in total. The quantitative estimate of drug-likeness (QED) is 0.681. The van der Waals surface area contributed by atoms with Gasteiger partial charge in [0.25, 0.3) is 0 Å². The van der Waals surface area contributed by atoms with Gasteiger partial charge in [0.1, 0.15) is 5.60 Å². The van der Waals surface area contributed by atoms with E-state index < -0.39 is 0 Å². The lowest BCUT2D eigenvalue weighted by Gasteiger charge is -2.39. The molecule has 2 bridgehead atoms. The van der Waals surface area contributed by atoms with E-state index in [-0.39, 0.29) is 17.5 Å². The lowest BCUT2D eigenvalue weighted by atomic mass is 9.87. The number of esters is 1. The van der Waals surface area contributed by atoms with Crippen molar-refractivity contribution in [3.63, 3.8) is 0 Å². The van der Waals surface area contributed by atoms with Gasteiger partial charge in [0.15, 0.2) is 0 Å². The summed E-state index contributed by atoms with van der Waals surface area (Å²) in [6, 6.07) is 0.648. The first kappa shape index (κ1) is 11.9. The monoisotopic (exact) mass is 227 g/mol. The summed E-state index contributed by atoms with van der Waals surface area (Å²) in [6.07, 6.45) is 1.68. The summed E-state index contributed by atoms with van der Waals surface area (Å²) in [6.45, 7) is 7.17. The smallest absolute Gasteiger partial charge is 0.309 e. The molecule has 0 radical (unpaired) electrons. The van der Waals surface area contributed by atoms with Gasteiger partial charge in [-0.25, -0.2) is 0 Å². The highest BCUT2D eigenvalue weighted by Gasteiger charge is 2.37. The highest BCUT2D eigenvalue weighted by atomic mass is 16.6. The molecule has 4 nitrogen and oxygen atoms in total. The molecule has 0 aromatic rings. The van der Waals surface area contributed by atoms with E-state index >= 15 is 0 Å². The van der Waals surface area contributed by atoms with Crippen LogP contribution in [0, 0.1) is 5.92 Å². The van der Waals surface area contributed by atoms with Crippen LogP contribution in [0.3, 0.4) is 0 Å². The molecule has 0 saturated carbocycles. The van der Waals surface area contributed by atoms with Crippen LogP contribution in [0.5, 0.6) is 0 Å². The van der Waals surface area contributed by atoms with Crippen LogP contribution in [0.2, 0.25) is 0 Å². The van der Waals surface area contributed by atoms with Gasteiger partial charge < -0.3 is 14.8 Å². The van der Waals surface area contributed by atoms with E-state index in [1.807, 2.05) is 20.8 Å². The fourth-order valence-electron chi connectivity index (χ4n) is 2.41. The van der Waals surface area contributed by atoms with E-state index in [2.05, 4.69) is 5.32 Å². The molecule has 4 heteroatoms. The van der Waals surface area contributed by atoms with Crippen molar-refractivity contribution in [3.8, 4) is 0 Å². The molecule has 0 aromatic carbocycles. The van der Waals surface area contributed by atoms with Gasteiger partial charge in [-0.15, -0.1) is 0 Å². The maximum atomic E-state index is 12.0. The van der Waals surface area contributed by atoms with Crippen LogP contribution in [0.25, 0.3) is 0 Å². The zero-order chi connectivity index (χ0) is 11.8. The van der Waals surface area contributed by atoms with Crippen molar-refractivity contribution >= 4 is 5.97 Å². The summed E-state index contributed by atoms with van der Waals surface area (Å²) in [7, 11) is 0. The van der Waals surface area contributed by atoms with E-state index in [1.165, 1.54) is 0 Å². The van der Waals surface area contributed by atoms with Crippen molar-refractivity contribution in [1.82, 2.24) is 5.32 Å². The van der Waals surface area contributed by atoms with E-state index in [0.717, 1.165) is 26.1 Å².